The SMILES string of the molecule is CCn1c(=O)cc(OCC(=O)N2CCCCC2C)c2ccccc21. The van der Waals surface area contributed by atoms with Crippen LogP contribution in [0.5, 0.6) is 5.75 Å². The maximum Gasteiger partial charge on any atom is 0.260 e. The number of pyridine rings is 1. The van der Waals surface area contributed by atoms with Gasteiger partial charge in [0, 0.05) is 30.6 Å². The first-order chi connectivity index (χ1) is 11.6. The summed E-state index contributed by atoms with van der Waals surface area (Å²) in [6.07, 6.45) is 3.26. The first-order valence-corrected chi connectivity index (χ1v) is 8.66. The molecule has 24 heavy (non-hydrogen) atoms. The number of rotatable bonds is 4. The van der Waals surface area contributed by atoms with E-state index < -0.39 is 0 Å². The monoisotopic (exact) mass is 328 g/mol. The van der Waals surface area contributed by atoms with Crippen molar-refractivity contribution in [2.75, 3.05) is 13.2 Å². The zero-order chi connectivity index (χ0) is 17.1. The number of aryl methyl sites for hydroxylation is 1. The molecule has 1 unspecified atom stereocenters. The fourth-order valence-corrected chi connectivity index (χ4v) is 3.44. The van der Waals surface area contributed by atoms with Crippen LogP contribution in [-0.2, 0) is 11.3 Å². The minimum absolute atomic E-state index is 0.00838. The number of likely N-dealkylation sites (tertiary alicyclic amines) is 1. The van der Waals surface area contributed by atoms with Crippen LogP contribution in [-0.4, -0.2) is 34.6 Å². The van der Waals surface area contributed by atoms with Crippen molar-refractivity contribution in [3.8, 4) is 5.75 Å². The van der Waals surface area contributed by atoms with Crippen LogP contribution in [0, 0.1) is 0 Å². The Bertz CT molecular complexity index is 797. The Morgan fingerprint density at radius 3 is 2.83 bits per heavy atom. The van der Waals surface area contributed by atoms with Crippen LogP contribution in [0.2, 0.25) is 0 Å². The number of para-hydroxylation sites is 1. The molecule has 1 saturated heterocycles. The lowest BCUT2D eigenvalue weighted by atomic mass is 10.0. The van der Waals surface area contributed by atoms with E-state index in [-0.39, 0.29) is 24.1 Å². The molecule has 3 rings (SSSR count). The van der Waals surface area contributed by atoms with Crippen LogP contribution >= 0.6 is 0 Å². The number of aromatic nitrogens is 1. The fraction of sp³-hybridized carbons (Fsp3) is 0.474. The predicted molar refractivity (Wildman–Crippen MR) is 94.4 cm³/mol. The Hall–Kier alpha value is -2.30. The summed E-state index contributed by atoms with van der Waals surface area (Å²) in [6.45, 7) is 5.39. The fourth-order valence-electron chi connectivity index (χ4n) is 3.44. The largest absolute Gasteiger partial charge is 0.483 e. The number of carbonyl (C=O) groups excluding carboxylic acids is 1. The Morgan fingerprint density at radius 1 is 1.29 bits per heavy atom. The van der Waals surface area contributed by atoms with Crippen molar-refractivity contribution in [1.82, 2.24) is 9.47 Å². The van der Waals surface area contributed by atoms with E-state index in [1.807, 2.05) is 36.1 Å². The van der Waals surface area contributed by atoms with Gasteiger partial charge in [0.05, 0.1) is 5.52 Å². The van der Waals surface area contributed by atoms with Gasteiger partial charge in [-0.15, -0.1) is 0 Å². The highest BCUT2D eigenvalue weighted by atomic mass is 16.5. The van der Waals surface area contributed by atoms with Gasteiger partial charge in [-0.05, 0) is 45.2 Å². The maximum atomic E-state index is 12.4. The first kappa shape index (κ1) is 16.6. The molecule has 0 spiro atoms. The molecule has 1 aliphatic heterocycles. The Labute approximate surface area is 141 Å². The summed E-state index contributed by atoms with van der Waals surface area (Å²) in [4.78, 5) is 26.6. The first-order valence-electron chi connectivity index (χ1n) is 8.66. The summed E-state index contributed by atoms with van der Waals surface area (Å²) in [7, 11) is 0. The highest BCUT2D eigenvalue weighted by Crippen LogP contribution is 2.24. The molecule has 0 saturated carbocycles. The maximum absolute atomic E-state index is 12.4. The molecule has 128 valence electrons. The molecule has 1 atom stereocenters. The van der Waals surface area contributed by atoms with Gasteiger partial charge in [-0.3, -0.25) is 9.59 Å². The quantitative estimate of drug-likeness (QED) is 0.867. The average molecular weight is 328 g/mol. The highest BCUT2D eigenvalue weighted by Gasteiger charge is 2.23. The van der Waals surface area contributed by atoms with Crippen LogP contribution in [0.4, 0.5) is 0 Å². The van der Waals surface area contributed by atoms with Crippen molar-refractivity contribution in [2.45, 2.75) is 45.7 Å². The van der Waals surface area contributed by atoms with E-state index >= 15 is 0 Å². The summed E-state index contributed by atoms with van der Waals surface area (Å²) in [5.41, 5.74) is 0.728. The Kier molecular flexibility index (Phi) is 4.88. The van der Waals surface area contributed by atoms with Gasteiger partial charge in [0.15, 0.2) is 6.61 Å². The van der Waals surface area contributed by atoms with Gasteiger partial charge in [-0.2, -0.15) is 0 Å². The Morgan fingerprint density at radius 2 is 2.08 bits per heavy atom. The molecule has 1 fully saturated rings. The van der Waals surface area contributed by atoms with Crippen molar-refractivity contribution in [3.05, 3.63) is 40.7 Å². The number of fused-ring (bicyclic) bond motifs is 1. The van der Waals surface area contributed by atoms with Crippen LogP contribution in [0.15, 0.2) is 35.1 Å². The second kappa shape index (κ2) is 7.07. The third-order valence-electron chi connectivity index (χ3n) is 4.77. The second-order valence-corrected chi connectivity index (χ2v) is 6.33. The van der Waals surface area contributed by atoms with Gasteiger partial charge in [0.1, 0.15) is 5.75 Å². The summed E-state index contributed by atoms with van der Waals surface area (Å²) >= 11 is 0. The van der Waals surface area contributed by atoms with Crippen molar-refractivity contribution in [2.24, 2.45) is 0 Å². The van der Waals surface area contributed by atoms with Crippen LogP contribution in [0.1, 0.15) is 33.1 Å². The molecule has 0 bridgehead atoms. The van der Waals surface area contributed by atoms with Gasteiger partial charge < -0.3 is 14.2 Å². The number of amides is 1. The number of nitrogens with zero attached hydrogens (tertiary/aromatic N) is 2. The molecule has 5 nitrogen and oxygen atoms in total. The lowest BCUT2D eigenvalue weighted by Gasteiger charge is -2.33. The number of hydrogen-bond donors (Lipinski definition) is 0. The standard InChI is InChI=1S/C19H24N2O3/c1-3-20-16-10-5-4-9-15(16)17(12-18(20)22)24-13-19(23)21-11-7-6-8-14(21)2/h4-5,9-10,12,14H,3,6-8,11,13H2,1-2H3. The molecule has 1 aliphatic rings. The summed E-state index contributed by atoms with van der Waals surface area (Å²) < 4.78 is 7.46. The third kappa shape index (κ3) is 3.16. The number of piperidine rings is 1. The molecular formula is C19H24N2O3. The molecule has 0 aliphatic carbocycles. The van der Waals surface area contributed by atoms with E-state index in [0.717, 1.165) is 30.3 Å². The van der Waals surface area contributed by atoms with E-state index in [1.54, 1.807) is 4.57 Å². The van der Waals surface area contributed by atoms with E-state index in [9.17, 15) is 9.59 Å². The van der Waals surface area contributed by atoms with Crippen LogP contribution < -0.4 is 10.3 Å². The van der Waals surface area contributed by atoms with E-state index in [0.29, 0.717) is 12.3 Å². The second-order valence-electron chi connectivity index (χ2n) is 6.33. The van der Waals surface area contributed by atoms with E-state index in [1.165, 1.54) is 12.5 Å². The summed E-state index contributed by atoms with van der Waals surface area (Å²) in [6, 6.07) is 9.39. The molecule has 2 aromatic rings. The number of benzene rings is 1. The van der Waals surface area contributed by atoms with E-state index in [2.05, 4.69) is 6.92 Å². The van der Waals surface area contributed by atoms with Crippen LogP contribution in [0.3, 0.4) is 0 Å². The lowest BCUT2D eigenvalue weighted by molar-refractivity contribution is -0.136. The van der Waals surface area contributed by atoms with Crippen molar-refractivity contribution < 1.29 is 9.53 Å². The molecule has 1 amide bonds. The zero-order valence-corrected chi connectivity index (χ0v) is 14.3. The topological polar surface area (TPSA) is 51.5 Å². The molecule has 0 radical (unpaired) electrons. The van der Waals surface area contributed by atoms with Crippen LogP contribution in [0.25, 0.3) is 10.9 Å². The minimum atomic E-state index is -0.106. The predicted octanol–water partition coefficient (Wildman–Crippen LogP) is 2.80. The van der Waals surface area contributed by atoms with Crippen molar-refractivity contribution in [3.63, 3.8) is 0 Å². The minimum Gasteiger partial charge on any atom is -0.483 e. The van der Waals surface area contributed by atoms with Gasteiger partial charge in [0.25, 0.3) is 11.5 Å². The molecule has 1 aromatic heterocycles. The molecular weight excluding hydrogens is 304 g/mol. The van der Waals surface area contributed by atoms with Crippen molar-refractivity contribution >= 4 is 16.8 Å². The number of carbonyl (C=O) groups is 1. The molecule has 0 N–H and O–H groups in total. The normalized spacial score (nSPS) is 17.9. The van der Waals surface area contributed by atoms with Gasteiger partial charge in [0.2, 0.25) is 0 Å². The van der Waals surface area contributed by atoms with Crippen molar-refractivity contribution in [1.29, 1.82) is 0 Å². The Balaban J connectivity index is 1.83. The zero-order valence-electron chi connectivity index (χ0n) is 14.3. The van der Waals surface area contributed by atoms with E-state index in [4.69, 9.17) is 4.74 Å². The molecule has 1 aromatic carbocycles. The van der Waals surface area contributed by atoms with Gasteiger partial charge in [-0.1, -0.05) is 12.1 Å². The molecule has 5 heteroatoms. The average Bonchev–Trinajstić information content (AvgIpc) is 2.60. The summed E-state index contributed by atoms with van der Waals surface area (Å²) in [5, 5.41) is 0.860. The highest BCUT2D eigenvalue weighted by molar-refractivity contribution is 5.86. The smallest absolute Gasteiger partial charge is 0.260 e. The number of ether oxygens (including phenoxy) is 1. The number of hydrogen-bond acceptors (Lipinski definition) is 3. The lowest BCUT2D eigenvalue weighted by Crippen LogP contribution is -2.44. The van der Waals surface area contributed by atoms with Gasteiger partial charge in [-0.25, -0.2) is 0 Å². The third-order valence-corrected chi connectivity index (χ3v) is 4.77. The summed E-state index contributed by atoms with van der Waals surface area (Å²) in [5.74, 6) is 0.476. The van der Waals surface area contributed by atoms with Gasteiger partial charge >= 0.3 is 0 Å². The molecule has 2 heterocycles.